The highest BCUT2D eigenvalue weighted by molar-refractivity contribution is 5.82. The van der Waals surface area contributed by atoms with E-state index in [-0.39, 0.29) is 6.04 Å². The zero-order valence-electron chi connectivity index (χ0n) is 16.0. The van der Waals surface area contributed by atoms with Crippen molar-refractivity contribution in [1.82, 2.24) is 9.97 Å². The summed E-state index contributed by atoms with van der Waals surface area (Å²) in [5.74, 6) is 0.236. The number of aliphatic carboxylic acids is 1. The molecule has 1 atom stereocenters. The Morgan fingerprint density at radius 1 is 1.26 bits per heavy atom. The lowest BCUT2D eigenvalue weighted by Crippen LogP contribution is -2.40. The number of morpholine rings is 1. The number of benzene rings is 1. The van der Waals surface area contributed by atoms with Crippen molar-refractivity contribution >= 4 is 17.7 Å². The number of carbonyl (C=O) groups is 1. The highest BCUT2D eigenvalue weighted by Crippen LogP contribution is 2.32. The van der Waals surface area contributed by atoms with Crippen LogP contribution in [0.15, 0.2) is 36.5 Å². The van der Waals surface area contributed by atoms with E-state index in [4.69, 9.17) is 9.72 Å². The van der Waals surface area contributed by atoms with E-state index in [1.807, 2.05) is 37.3 Å². The van der Waals surface area contributed by atoms with Crippen LogP contribution in [-0.2, 0) is 14.9 Å². The van der Waals surface area contributed by atoms with Gasteiger partial charge in [0.15, 0.2) is 0 Å². The average Bonchev–Trinajstić information content (AvgIpc) is 2.69. The third-order valence-corrected chi connectivity index (χ3v) is 4.93. The lowest BCUT2D eigenvalue weighted by atomic mass is 9.85. The van der Waals surface area contributed by atoms with Crippen molar-refractivity contribution in [3.05, 3.63) is 47.7 Å². The summed E-state index contributed by atoms with van der Waals surface area (Å²) >= 11 is 0. The quantitative estimate of drug-likeness (QED) is 0.808. The number of rotatable bonds is 6. The van der Waals surface area contributed by atoms with Crippen molar-refractivity contribution in [2.24, 2.45) is 0 Å². The molecule has 2 aromatic rings. The Morgan fingerprint density at radius 2 is 1.93 bits per heavy atom. The van der Waals surface area contributed by atoms with Gasteiger partial charge in [-0.2, -0.15) is 4.98 Å². The third kappa shape index (κ3) is 4.19. The number of hydrogen-bond acceptors (Lipinski definition) is 6. The second-order valence-corrected chi connectivity index (χ2v) is 7.24. The Hall–Kier alpha value is -2.67. The minimum Gasteiger partial charge on any atom is -0.481 e. The molecule has 1 aromatic carbocycles. The molecule has 7 heteroatoms. The van der Waals surface area contributed by atoms with Crippen LogP contribution in [0.4, 0.5) is 11.8 Å². The van der Waals surface area contributed by atoms with E-state index in [9.17, 15) is 9.90 Å². The van der Waals surface area contributed by atoms with Crippen LogP contribution in [-0.4, -0.2) is 47.3 Å². The molecule has 144 valence electrons. The molecule has 3 rings (SSSR count). The first kappa shape index (κ1) is 19.1. The summed E-state index contributed by atoms with van der Waals surface area (Å²) in [7, 11) is 0. The molecular formula is C20H26N4O3. The van der Waals surface area contributed by atoms with Gasteiger partial charge in [0.25, 0.3) is 0 Å². The topological polar surface area (TPSA) is 87.6 Å². The molecule has 0 spiro atoms. The molecule has 0 bridgehead atoms. The lowest BCUT2D eigenvalue weighted by Gasteiger charge is -2.32. The largest absolute Gasteiger partial charge is 0.481 e. The van der Waals surface area contributed by atoms with Crippen LogP contribution in [0.3, 0.4) is 0 Å². The first-order valence-corrected chi connectivity index (χ1v) is 9.14. The van der Waals surface area contributed by atoms with Crippen LogP contribution in [0.25, 0.3) is 0 Å². The number of hydrogen-bond donors (Lipinski definition) is 2. The smallest absolute Gasteiger partial charge is 0.313 e. The molecule has 1 aliphatic heterocycles. The molecule has 0 aliphatic carbocycles. The average molecular weight is 370 g/mol. The zero-order valence-corrected chi connectivity index (χ0v) is 16.0. The van der Waals surface area contributed by atoms with Gasteiger partial charge in [-0.1, -0.05) is 30.3 Å². The van der Waals surface area contributed by atoms with Gasteiger partial charge in [-0.15, -0.1) is 0 Å². The van der Waals surface area contributed by atoms with Gasteiger partial charge in [-0.25, -0.2) is 4.98 Å². The van der Waals surface area contributed by atoms with Gasteiger partial charge in [-0.3, -0.25) is 4.79 Å². The normalized spacial score (nSPS) is 16.0. The molecule has 1 aromatic heterocycles. The van der Waals surface area contributed by atoms with Gasteiger partial charge in [0, 0.05) is 24.8 Å². The lowest BCUT2D eigenvalue weighted by molar-refractivity contribution is -0.142. The second-order valence-electron chi connectivity index (χ2n) is 7.24. The van der Waals surface area contributed by atoms with Crippen LogP contribution in [0.5, 0.6) is 0 Å². The van der Waals surface area contributed by atoms with E-state index < -0.39 is 11.4 Å². The van der Waals surface area contributed by atoms with Crippen molar-refractivity contribution < 1.29 is 14.6 Å². The van der Waals surface area contributed by atoms with Gasteiger partial charge in [0.2, 0.25) is 5.95 Å². The summed E-state index contributed by atoms with van der Waals surface area (Å²) < 4.78 is 5.43. The van der Waals surface area contributed by atoms with E-state index in [0.29, 0.717) is 43.6 Å². The molecule has 0 amide bonds. The fourth-order valence-corrected chi connectivity index (χ4v) is 3.03. The zero-order chi connectivity index (χ0) is 19.4. The Labute approximate surface area is 159 Å². The standard InChI is InChI=1S/C20H26N4O3/c1-14(15-7-5-4-6-8-15)22-19-21-13-16(20(2,3)18(25)26)17(23-19)24-9-11-27-12-10-24/h4-8,13-14H,9-12H2,1-3H3,(H,25,26)(H,21,22,23). The summed E-state index contributed by atoms with van der Waals surface area (Å²) in [4.78, 5) is 23.0. The maximum atomic E-state index is 11.8. The van der Waals surface area contributed by atoms with Crippen LogP contribution < -0.4 is 10.2 Å². The van der Waals surface area contributed by atoms with Crippen LogP contribution in [0, 0.1) is 0 Å². The second kappa shape index (κ2) is 7.92. The van der Waals surface area contributed by atoms with Crippen molar-refractivity contribution in [3.63, 3.8) is 0 Å². The highest BCUT2D eigenvalue weighted by Gasteiger charge is 2.35. The van der Waals surface area contributed by atoms with E-state index in [2.05, 4.69) is 15.2 Å². The van der Waals surface area contributed by atoms with Gasteiger partial charge >= 0.3 is 5.97 Å². The number of ether oxygens (including phenoxy) is 1. The number of nitrogens with one attached hydrogen (secondary N) is 1. The van der Waals surface area contributed by atoms with Crippen molar-refractivity contribution in [2.75, 3.05) is 36.5 Å². The molecule has 7 nitrogen and oxygen atoms in total. The van der Waals surface area contributed by atoms with Gasteiger partial charge in [-0.05, 0) is 26.3 Å². The van der Waals surface area contributed by atoms with E-state index in [1.54, 1.807) is 20.0 Å². The number of anilines is 2. The first-order chi connectivity index (χ1) is 12.9. The summed E-state index contributed by atoms with van der Waals surface area (Å²) in [6.45, 7) is 7.94. The number of carboxylic acids is 1. The molecule has 1 aliphatic rings. The van der Waals surface area contributed by atoms with Gasteiger partial charge in [0.1, 0.15) is 5.82 Å². The maximum Gasteiger partial charge on any atom is 0.313 e. The Bertz CT molecular complexity index is 789. The molecular weight excluding hydrogens is 344 g/mol. The molecule has 2 N–H and O–H groups in total. The molecule has 1 saturated heterocycles. The van der Waals surface area contributed by atoms with E-state index >= 15 is 0 Å². The summed E-state index contributed by atoms with van der Waals surface area (Å²) in [5, 5.41) is 13.0. The monoisotopic (exact) mass is 370 g/mol. The van der Waals surface area contributed by atoms with Crippen LogP contribution >= 0.6 is 0 Å². The Morgan fingerprint density at radius 3 is 2.56 bits per heavy atom. The molecule has 27 heavy (non-hydrogen) atoms. The molecule has 0 radical (unpaired) electrons. The SMILES string of the molecule is CC(Nc1ncc(C(C)(C)C(=O)O)c(N2CCOCC2)n1)c1ccccc1. The minimum absolute atomic E-state index is 0.0297. The van der Waals surface area contributed by atoms with E-state index in [1.165, 1.54) is 0 Å². The number of aromatic nitrogens is 2. The minimum atomic E-state index is -1.09. The Balaban J connectivity index is 1.94. The number of carboxylic acid groups (broad SMARTS) is 1. The van der Waals surface area contributed by atoms with Gasteiger partial charge < -0.3 is 20.1 Å². The van der Waals surface area contributed by atoms with Crippen molar-refractivity contribution in [1.29, 1.82) is 0 Å². The molecule has 0 saturated carbocycles. The molecule has 2 heterocycles. The maximum absolute atomic E-state index is 11.8. The Kier molecular flexibility index (Phi) is 5.60. The molecule has 1 unspecified atom stereocenters. The third-order valence-electron chi connectivity index (χ3n) is 4.93. The van der Waals surface area contributed by atoms with Crippen molar-refractivity contribution in [2.45, 2.75) is 32.2 Å². The van der Waals surface area contributed by atoms with E-state index in [0.717, 1.165) is 5.56 Å². The fraction of sp³-hybridized carbons (Fsp3) is 0.450. The van der Waals surface area contributed by atoms with Crippen LogP contribution in [0.1, 0.15) is 37.9 Å². The first-order valence-electron chi connectivity index (χ1n) is 9.14. The highest BCUT2D eigenvalue weighted by atomic mass is 16.5. The predicted molar refractivity (Wildman–Crippen MR) is 104 cm³/mol. The van der Waals surface area contributed by atoms with Crippen LogP contribution in [0.2, 0.25) is 0 Å². The molecule has 1 fully saturated rings. The number of nitrogens with zero attached hydrogens (tertiary/aromatic N) is 3. The summed E-state index contributed by atoms with van der Waals surface area (Å²) in [6, 6.07) is 10.1. The fourth-order valence-electron chi connectivity index (χ4n) is 3.03. The van der Waals surface area contributed by atoms with Crippen molar-refractivity contribution in [3.8, 4) is 0 Å². The summed E-state index contributed by atoms with van der Waals surface area (Å²) in [5.41, 5.74) is 0.649. The predicted octanol–water partition coefficient (Wildman–Crippen LogP) is 2.85. The summed E-state index contributed by atoms with van der Waals surface area (Å²) in [6.07, 6.45) is 1.63. The van der Waals surface area contributed by atoms with Gasteiger partial charge in [0.05, 0.1) is 24.7 Å².